The van der Waals surface area contributed by atoms with Gasteiger partial charge in [-0.2, -0.15) is 0 Å². The van der Waals surface area contributed by atoms with Crippen molar-refractivity contribution in [3.05, 3.63) is 108 Å². The molecule has 4 heterocycles. The van der Waals surface area contributed by atoms with Crippen LogP contribution in [0.3, 0.4) is 0 Å². The van der Waals surface area contributed by atoms with Crippen molar-refractivity contribution in [1.29, 1.82) is 0 Å². The molecule has 6 aromatic rings. The number of pyridine rings is 2. The van der Waals surface area contributed by atoms with Crippen molar-refractivity contribution in [2.24, 2.45) is 0 Å². The van der Waals surface area contributed by atoms with Gasteiger partial charge >= 0.3 is 11.9 Å². The summed E-state index contributed by atoms with van der Waals surface area (Å²) in [5.41, 5.74) is 3.82. The summed E-state index contributed by atoms with van der Waals surface area (Å²) in [6.45, 7) is 3.72. The number of esters is 2. The molecule has 2 N–H and O–H groups in total. The molecule has 0 unspecified atom stereocenters. The van der Waals surface area contributed by atoms with E-state index in [2.05, 4.69) is 9.97 Å². The van der Waals surface area contributed by atoms with Gasteiger partial charge in [0.1, 0.15) is 34.0 Å². The quantitative estimate of drug-likeness (QED) is 0.224. The molecule has 0 saturated heterocycles. The van der Waals surface area contributed by atoms with E-state index < -0.39 is 11.9 Å². The van der Waals surface area contributed by atoms with E-state index in [1.54, 1.807) is 70.2 Å². The third kappa shape index (κ3) is 6.23. The van der Waals surface area contributed by atoms with E-state index in [9.17, 15) is 19.8 Å². The molecule has 0 atom stereocenters. The fraction of sp³-hybridized carbons (Fsp3) is 0.125. The second kappa shape index (κ2) is 12.4. The largest absolute Gasteiger partial charge is 0.508 e. The fourth-order valence-electron chi connectivity index (χ4n) is 4.41. The molecule has 0 amide bonds. The number of hydrogen-bond donors (Lipinski definition) is 2. The van der Waals surface area contributed by atoms with Crippen molar-refractivity contribution >= 4 is 23.0 Å². The van der Waals surface area contributed by atoms with Crippen LogP contribution in [0, 0.1) is 13.8 Å². The summed E-state index contributed by atoms with van der Waals surface area (Å²) in [5, 5.41) is 18.6. The minimum Gasteiger partial charge on any atom is -0.508 e. The predicted molar refractivity (Wildman–Crippen MR) is 159 cm³/mol. The van der Waals surface area contributed by atoms with Gasteiger partial charge in [0.15, 0.2) is 11.5 Å². The maximum absolute atomic E-state index is 11.8. The Morgan fingerprint density at radius 2 is 1.00 bits per heavy atom. The Hall–Kier alpha value is -6.04. The molecule has 0 aliphatic rings. The number of hydrogen-bond acceptors (Lipinski definition) is 10. The number of imidazole rings is 2. The lowest BCUT2D eigenvalue weighted by Gasteiger charge is -2.10. The normalized spacial score (nSPS) is 10.6. The maximum atomic E-state index is 11.8. The first kappa shape index (κ1) is 29.5. The van der Waals surface area contributed by atoms with E-state index in [0.29, 0.717) is 34.1 Å². The van der Waals surface area contributed by atoms with Gasteiger partial charge in [-0.25, -0.2) is 19.6 Å². The van der Waals surface area contributed by atoms with E-state index >= 15 is 0 Å². The minimum absolute atomic E-state index is 0.154. The smallest absolute Gasteiger partial charge is 0.339 e. The van der Waals surface area contributed by atoms with Crippen LogP contribution < -0.4 is 9.47 Å². The van der Waals surface area contributed by atoms with Gasteiger partial charge in [0, 0.05) is 12.4 Å². The molecular formula is C32H28N4O8. The van der Waals surface area contributed by atoms with Crippen molar-refractivity contribution < 1.29 is 38.7 Å². The molecule has 224 valence electrons. The Bertz CT molecular complexity index is 1820. The predicted octanol–water partition coefficient (Wildman–Crippen LogP) is 5.85. The summed E-state index contributed by atoms with van der Waals surface area (Å²) in [6, 6.07) is 15.9. The molecule has 0 spiro atoms. The molecule has 0 aliphatic carbocycles. The lowest BCUT2D eigenvalue weighted by molar-refractivity contribution is 0.0591. The number of carbonyl (C=O) groups excluding carboxylic acids is 2. The van der Waals surface area contributed by atoms with Gasteiger partial charge in [0.05, 0.1) is 49.4 Å². The van der Waals surface area contributed by atoms with Gasteiger partial charge in [0.25, 0.3) is 0 Å². The summed E-state index contributed by atoms with van der Waals surface area (Å²) < 4.78 is 24.6. The standard InChI is InChI=1S/2C16H14N2O4/c2*1-10-15-14(22-13-5-3-12(19)4-6-13)7-11(16(20)21-2)8-18(15)9-17-10/h2*3-9,19H,1-2H3. The third-order valence-electron chi connectivity index (χ3n) is 6.52. The number of fused-ring (bicyclic) bond motifs is 2. The highest BCUT2D eigenvalue weighted by molar-refractivity contribution is 5.91. The Kier molecular flexibility index (Phi) is 8.33. The number of benzene rings is 2. The van der Waals surface area contributed by atoms with Crippen molar-refractivity contribution in [2.45, 2.75) is 13.8 Å². The molecule has 12 nitrogen and oxygen atoms in total. The zero-order valence-corrected chi connectivity index (χ0v) is 24.2. The topological polar surface area (TPSA) is 146 Å². The molecule has 4 aromatic heterocycles. The number of nitrogens with zero attached hydrogens (tertiary/aromatic N) is 4. The van der Waals surface area contributed by atoms with Crippen LogP contribution in [0.15, 0.2) is 85.7 Å². The number of aromatic hydroxyl groups is 2. The van der Waals surface area contributed by atoms with Gasteiger partial charge < -0.3 is 38.0 Å². The van der Waals surface area contributed by atoms with Crippen molar-refractivity contribution in [3.8, 4) is 34.5 Å². The lowest BCUT2D eigenvalue weighted by Crippen LogP contribution is -2.04. The van der Waals surface area contributed by atoms with E-state index in [0.717, 1.165) is 22.4 Å². The Labute approximate surface area is 251 Å². The summed E-state index contributed by atoms with van der Waals surface area (Å²) in [5.74, 6) is 1.46. The number of phenolic OH excluding ortho intramolecular Hbond substituents is 2. The van der Waals surface area contributed by atoms with E-state index in [4.69, 9.17) is 18.9 Å². The van der Waals surface area contributed by atoms with Crippen LogP contribution >= 0.6 is 0 Å². The molecular weight excluding hydrogens is 568 g/mol. The Morgan fingerprint density at radius 3 is 1.34 bits per heavy atom. The fourth-order valence-corrected chi connectivity index (χ4v) is 4.41. The van der Waals surface area contributed by atoms with Gasteiger partial charge in [-0.1, -0.05) is 0 Å². The van der Waals surface area contributed by atoms with E-state index in [-0.39, 0.29) is 11.5 Å². The van der Waals surface area contributed by atoms with Gasteiger partial charge in [-0.05, 0) is 74.5 Å². The van der Waals surface area contributed by atoms with Crippen molar-refractivity contribution in [3.63, 3.8) is 0 Å². The highest BCUT2D eigenvalue weighted by atomic mass is 16.5. The number of methoxy groups -OCH3 is 2. The molecule has 0 fully saturated rings. The molecule has 0 radical (unpaired) electrons. The number of ether oxygens (including phenoxy) is 4. The van der Waals surface area contributed by atoms with Gasteiger partial charge in [-0.15, -0.1) is 0 Å². The van der Waals surface area contributed by atoms with Gasteiger partial charge in [-0.3, -0.25) is 0 Å². The number of rotatable bonds is 6. The van der Waals surface area contributed by atoms with Crippen molar-refractivity contribution in [2.75, 3.05) is 14.2 Å². The number of aryl methyl sites for hydroxylation is 2. The second-order valence-electron chi connectivity index (χ2n) is 9.53. The van der Waals surface area contributed by atoms with Crippen LogP contribution in [-0.4, -0.2) is 55.1 Å². The van der Waals surface area contributed by atoms with Crippen LogP contribution in [0.25, 0.3) is 11.0 Å². The van der Waals surface area contributed by atoms with Crippen LogP contribution in [0.1, 0.15) is 32.1 Å². The van der Waals surface area contributed by atoms with E-state index in [1.807, 2.05) is 13.8 Å². The summed E-state index contributed by atoms with van der Waals surface area (Å²) in [7, 11) is 2.65. The number of carbonyl (C=O) groups is 2. The first-order valence-corrected chi connectivity index (χ1v) is 13.2. The second-order valence-corrected chi connectivity index (χ2v) is 9.53. The average molecular weight is 597 g/mol. The summed E-state index contributed by atoms with van der Waals surface area (Å²) >= 11 is 0. The summed E-state index contributed by atoms with van der Waals surface area (Å²) in [4.78, 5) is 32.0. The maximum Gasteiger partial charge on any atom is 0.339 e. The number of aromatic nitrogens is 4. The zero-order valence-electron chi connectivity index (χ0n) is 24.2. The Balaban J connectivity index is 0.000000175. The highest BCUT2D eigenvalue weighted by Crippen LogP contribution is 2.32. The molecule has 44 heavy (non-hydrogen) atoms. The monoisotopic (exact) mass is 596 g/mol. The SMILES string of the molecule is COC(=O)c1cc(Oc2ccc(O)cc2)c2c(C)ncn2c1.COC(=O)c1cc(Oc2ccc(O)cc2)c2c(C)ncn2c1. The average Bonchev–Trinajstić information content (AvgIpc) is 3.60. The van der Waals surface area contributed by atoms with Gasteiger partial charge in [0.2, 0.25) is 0 Å². The molecule has 2 aromatic carbocycles. The molecule has 12 heteroatoms. The van der Waals surface area contributed by atoms with Crippen LogP contribution in [0.2, 0.25) is 0 Å². The lowest BCUT2D eigenvalue weighted by atomic mass is 10.2. The first-order valence-electron chi connectivity index (χ1n) is 13.2. The van der Waals surface area contributed by atoms with Crippen molar-refractivity contribution in [1.82, 2.24) is 18.8 Å². The van der Waals surface area contributed by atoms with Crippen LogP contribution in [-0.2, 0) is 9.47 Å². The first-order chi connectivity index (χ1) is 21.2. The Morgan fingerprint density at radius 1 is 0.636 bits per heavy atom. The van der Waals surface area contributed by atoms with Crippen LogP contribution in [0.4, 0.5) is 0 Å². The summed E-state index contributed by atoms with van der Waals surface area (Å²) in [6.07, 6.45) is 6.51. The highest BCUT2D eigenvalue weighted by Gasteiger charge is 2.16. The molecule has 6 rings (SSSR count). The van der Waals surface area contributed by atoms with Crippen LogP contribution in [0.5, 0.6) is 34.5 Å². The molecule has 0 saturated carbocycles. The zero-order chi connectivity index (χ0) is 31.4. The minimum atomic E-state index is -0.455. The number of phenols is 2. The van der Waals surface area contributed by atoms with E-state index in [1.165, 1.54) is 38.5 Å². The molecule has 0 bridgehead atoms. The third-order valence-corrected chi connectivity index (χ3v) is 6.52. The molecule has 0 aliphatic heterocycles.